The van der Waals surface area contributed by atoms with Crippen molar-refractivity contribution in [3.05, 3.63) is 23.7 Å². The highest BCUT2D eigenvalue weighted by molar-refractivity contribution is 5.66. The van der Waals surface area contributed by atoms with Gasteiger partial charge in [-0.25, -0.2) is 0 Å². The molecular formula is C15H23NO4. The molecule has 0 aromatic carbocycles. The van der Waals surface area contributed by atoms with E-state index in [1.165, 1.54) is 0 Å². The average Bonchev–Trinajstić information content (AvgIpc) is 2.85. The summed E-state index contributed by atoms with van der Waals surface area (Å²) in [5.74, 6) is 1.15. The molecule has 5 heteroatoms. The maximum absolute atomic E-state index is 10.4. The van der Waals surface area contributed by atoms with E-state index in [0.717, 1.165) is 37.5 Å². The Balaban J connectivity index is 1.75. The number of carboxylic acid groups (broad SMARTS) is 1. The van der Waals surface area contributed by atoms with Crippen LogP contribution in [0, 0.1) is 6.92 Å². The predicted molar refractivity (Wildman–Crippen MR) is 74.7 cm³/mol. The number of aliphatic carboxylic acids is 1. The number of piperidine rings is 1. The van der Waals surface area contributed by atoms with Gasteiger partial charge < -0.3 is 14.3 Å². The molecule has 1 aromatic heterocycles. The molecular weight excluding hydrogens is 258 g/mol. The van der Waals surface area contributed by atoms with Crippen LogP contribution in [0.2, 0.25) is 0 Å². The average molecular weight is 281 g/mol. The van der Waals surface area contributed by atoms with Gasteiger partial charge in [-0.1, -0.05) is 0 Å². The van der Waals surface area contributed by atoms with Gasteiger partial charge >= 0.3 is 5.97 Å². The van der Waals surface area contributed by atoms with E-state index < -0.39 is 5.97 Å². The van der Waals surface area contributed by atoms with Gasteiger partial charge in [0.05, 0.1) is 25.2 Å². The molecule has 1 N–H and O–H groups in total. The Morgan fingerprint density at radius 2 is 2.20 bits per heavy atom. The van der Waals surface area contributed by atoms with Gasteiger partial charge in [-0.05, 0) is 38.8 Å². The largest absolute Gasteiger partial charge is 0.481 e. The molecule has 1 aliphatic heterocycles. The SMILES string of the molecule is Cc1ccc(C(C)N2CCC(OCCC(=O)O)CC2)o1. The predicted octanol–water partition coefficient (Wildman–Crippen LogP) is 2.60. The molecule has 0 amide bonds. The topological polar surface area (TPSA) is 62.9 Å². The van der Waals surface area contributed by atoms with Gasteiger partial charge in [0.1, 0.15) is 11.5 Å². The Morgan fingerprint density at radius 3 is 2.75 bits per heavy atom. The lowest BCUT2D eigenvalue weighted by molar-refractivity contribution is -0.138. The first-order valence-electron chi connectivity index (χ1n) is 7.20. The number of ether oxygens (including phenoxy) is 1. The quantitative estimate of drug-likeness (QED) is 0.868. The maximum Gasteiger partial charge on any atom is 0.305 e. The minimum absolute atomic E-state index is 0.0856. The molecule has 112 valence electrons. The van der Waals surface area contributed by atoms with Gasteiger partial charge in [0.15, 0.2) is 0 Å². The first-order valence-corrected chi connectivity index (χ1v) is 7.20. The van der Waals surface area contributed by atoms with Crippen molar-refractivity contribution in [3.63, 3.8) is 0 Å². The second-order valence-electron chi connectivity index (χ2n) is 5.37. The molecule has 1 unspecified atom stereocenters. The zero-order valence-corrected chi connectivity index (χ0v) is 12.2. The Kier molecular flexibility index (Phi) is 5.20. The molecule has 0 spiro atoms. The van der Waals surface area contributed by atoms with Gasteiger partial charge in [0.2, 0.25) is 0 Å². The minimum Gasteiger partial charge on any atom is -0.481 e. The van der Waals surface area contributed by atoms with Crippen LogP contribution in [0.1, 0.15) is 43.7 Å². The molecule has 0 aliphatic carbocycles. The fourth-order valence-corrected chi connectivity index (χ4v) is 2.60. The smallest absolute Gasteiger partial charge is 0.305 e. The highest BCUT2D eigenvalue weighted by Crippen LogP contribution is 2.26. The molecule has 2 heterocycles. The molecule has 1 aliphatic rings. The summed E-state index contributed by atoms with van der Waals surface area (Å²) >= 11 is 0. The van der Waals surface area contributed by atoms with Crippen LogP contribution in [0.5, 0.6) is 0 Å². The summed E-state index contributed by atoms with van der Waals surface area (Å²) in [6.07, 6.45) is 2.17. The number of likely N-dealkylation sites (tertiary alicyclic amines) is 1. The van der Waals surface area contributed by atoms with Crippen molar-refractivity contribution >= 4 is 5.97 Å². The molecule has 1 atom stereocenters. The summed E-state index contributed by atoms with van der Waals surface area (Å²) < 4.78 is 11.3. The van der Waals surface area contributed by atoms with Crippen LogP contribution in [0.25, 0.3) is 0 Å². The van der Waals surface area contributed by atoms with Crippen molar-refractivity contribution in [2.45, 2.75) is 45.3 Å². The van der Waals surface area contributed by atoms with Gasteiger partial charge in [-0.3, -0.25) is 9.69 Å². The summed E-state index contributed by atoms with van der Waals surface area (Å²) in [6, 6.07) is 4.31. The number of hydrogen-bond donors (Lipinski definition) is 1. The van der Waals surface area contributed by atoms with E-state index in [0.29, 0.717) is 6.61 Å². The zero-order chi connectivity index (χ0) is 14.5. The Labute approximate surface area is 119 Å². The van der Waals surface area contributed by atoms with E-state index in [2.05, 4.69) is 11.8 Å². The summed E-state index contributed by atoms with van der Waals surface area (Å²) in [5.41, 5.74) is 0. The lowest BCUT2D eigenvalue weighted by atomic mass is 10.0. The molecule has 2 rings (SSSR count). The number of carbonyl (C=O) groups is 1. The lowest BCUT2D eigenvalue weighted by Gasteiger charge is -2.35. The second-order valence-corrected chi connectivity index (χ2v) is 5.37. The van der Waals surface area contributed by atoms with Gasteiger partial charge in [0.25, 0.3) is 0 Å². The van der Waals surface area contributed by atoms with E-state index in [4.69, 9.17) is 14.3 Å². The first kappa shape index (κ1) is 15.1. The number of furan rings is 1. The van der Waals surface area contributed by atoms with Crippen molar-refractivity contribution in [2.75, 3.05) is 19.7 Å². The van der Waals surface area contributed by atoms with Crippen LogP contribution >= 0.6 is 0 Å². The molecule has 1 fully saturated rings. The van der Waals surface area contributed by atoms with Gasteiger partial charge in [-0.15, -0.1) is 0 Å². The number of aryl methyl sites for hydroxylation is 1. The van der Waals surface area contributed by atoms with Gasteiger partial charge in [-0.2, -0.15) is 0 Å². The number of hydrogen-bond acceptors (Lipinski definition) is 4. The first-order chi connectivity index (χ1) is 9.56. The summed E-state index contributed by atoms with van der Waals surface area (Å²) in [4.78, 5) is 12.8. The number of carboxylic acids is 1. The monoisotopic (exact) mass is 281 g/mol. The summed E-state index contributed by atoms with van der Waals surface area (Å²) in [6.45, 7) is 6.34. The molecule has 20 heavy (non-hydrogen) atoms. The van der Waals surface area contributed by atoms with Crippen LogP contribution in [-0.2, 0) is 9.53 Å². The fourth-order valence-electron chi connectivity index (χ4n) is 2.60. The molecule has 0 saturated carbocycles. The van der Waals surface area contributed by atoms with Crippen LogP contribution in [0.15, 0.2) is 16.5 Å². The van der Waals surface area contributed by atoms with Crippen molar-refractivity contribution in [3.8, 4) is 0 Å². The Hall–Kier alpha value is -1.33. The lowest BCUT2D eigenvalue weighted by Crippen LogP contribution is -2.38. The summed E-state index contributed by atoms with van der Waals surface area (Å²) in [5, 5.41) is 8.59. The Bertz CT molecular complexity index is 435. The van der Waals surface area contributed by atoms with Crippen LogP contribution < -0.4 is 0 Å². The van der Waals surface area contributed by atoms with E-state index in [1.54, 1.807) is 0 Å². The van der Waals surface area contributed by atoms with E-state index in [1.807, 2.05) is 19.1 Å². The fraction of sp³-hybridized carbons (Fsp3) is 0.667. The van der Waals surface area contributed by atoms with Crippen LogP contribution in [-0.4, -0.2) is 41.8 Å². The number of nitrogens with zero attached hydrogens (tertiary/aromatic N) is 1. The molecule has 0 radical (unpaired) electrons. The van der Waals surface area contributed by atoms with Crippen molar-refractivity contribution in [1.29, 1.82) is 0 Å². The van der Waals surface area contributed by atoms with E-state index in [-0.39, 0.29) is 18.6 Å². The van der Waals surface area contributed by atoms with Crippen molar-refractivity contribution < 1.29 is 19.1 Å². The minimum atomic E-state index is -0.802. The summed E-state index contributed by atoms with van der Waals surface area (Å²) in [7, 11) is 0. The molecule has 0 bridgehead atoms. The van der Waals surface area contributed by atoms with Crippen molar-refractivity contribution in [1.82, 2.24) is 4.90 Å². The molecule has 1 saturated heterocycles. The third kappa shape index (κ3) is 4.08. The highest BCUT2D eigenvalue weighted by Gasteiger charge is 2.25. The van der Waals surface area contributed by atoms with E-state index in [9.17, 15) is 4.79 Å². The molecule has 5 nitrogen and oxygen atoms in total. The van der Waals surface area contributed by atoms with Crippen molar-refractivity contribution in [2.24, 2.45) is 0 Å². The number of rotatable bonds is 6. The van der Waals surface area contributed by atoms with Crippen LogP contribution in [0.4, 0.5) is 0 Å². The maximum atomic E-state index is 10.4. The van der Waals surface area contributed by atoms with E-state index >= 15 is 0 Å². The highest BCUT2D eigenvalue weighted by atomic mass is 16.5. The Morgan fingerprint density at radius 1 is 1.50 bits per heavy atom. The third-order valence-corrected chi connectivity index (χ3v) is 3.87. The third-order valence-electron chi connectivity index (χ3n) is 3.87. The normalized spacial score (nSPS) is 19.1. The molecule has 1 aromatic rings. The van der Waals surface area contributed by atoms with Gasteiger partial charge in [0, 0.05) is 13.1 Å². The zero-order valence-electron chi connectivity index (χ0n) is 12.2. The van der Waals surface area contributed by atoms with Crippen LogP contribution in [0.3, 0.4) is 0 Å². The standard InChI is InChI=1S/C15H23NO4/c1-11-3-4-14(20-11)12(2)16-8-5-13(6-9-16)19-10-7-15(17)18/h3-4,12-13H,5-10H2,1-2H3,(H,17,18). The second kappa shape index (κ2) is 6.90.